The maximum Gasteiger partial charge on any atom is 0.338 e. The molecule has 0 aromatic heterocycles. The molecule has 164 valence electrons. The fourth-order valence-corrected chi connectivity index (χ4v) is 3.62. The minimum atomic E-state index is -1.22. The molecule has 1 heterocycles. The standard InChI is InChI=1S/C24H27NO6/c1-24(2)30-20(21(31-24)23(28)29-3)22(27)25(15-18-12-8-5-9-13-18)19(16-26)14-17-10-6-4-7-11-17/h4-13,16,19-21H,14-15H2,1-3H3/t19-,20-,21+/m1/s1. The smallest absolute Gasteiger partial charge is 0.338 e. The number of aldehydes is 1. The van der Waals surface area contributed by atoms with Gasteiger partial charge < -0.3 is 23.9 Å². The van der Waals surface area contributed by atoms with Gasteiger partial charge in [-0.3, -0.25) is 4.79 Å². The lowest BCUT2D eigenvalue weighted by atomic mass is 10.0. The van der Waals surface area contributed by atoms with Crippen LogP contribution >= 0.6 is 0 Å². The first-order valence-corrected chi connectivity index (χ1v) is 10.1. The third-order valence-corrected chi connectivity index (χ3v) is 5.10. The van der Waals surface area contributed by atoms with Crippen molar-refractivity contribution in [2.24, 2.45) is 0 Å². The van der Waals surface area contributed by atoms with E-state index in [2.05, 4.69) is 0 Å². The average Bonchev–Trinajstić information content (AvgIpc) is 3.12. The highest BCUT2D eigenvalue weighted by Crippen LogP contribution is 2.31. The van der Waals surface area contributed by atoms with Crippen LogP contribution in [0.5, 0.6) is 0 Å². The van der Waals surface area contributed by atoms with Crippen molar-refractivity contribution in [2.75, 3.05) is 7.11 Å². The second kappa shape index (κ2) is 9.85. The van der Waals surface area contributed by atoms with Gasteiger partial charge in [-0.1, -0.05) is 60.7 Å². The SMILES string of the molecule is COC(=O)[C@H]1OC(C)(C)O[C@H]1C(=O)N(Cc1ccccc1)[C@@H](C=O)Cc1ccccc1. The van der Waals surface area contributed by atoms with E-state index in [-0.39, 0.29) is 6.54 Å². The first-order valence-electron chi connectivity index (χ1n) is 10.1. The van der Waals surface area contributed by atoms with Crippen LogP contribution in [-0.4, -0.2) is 54.2 Å². The zero-order valence-corrected chi connectivity index (χ0v) is 17.9. The molecule has 31 heavy (non-hydrogen) atoms. The third kappa shape index (κ3) is 5.57. The molecule has 0 spiro atoms. The summed E-state index contributed by atoms with van der Waals surface area (Å²) in [6.07, 6.45) is -1.34. The lowest BCUT2D eigenvalue weighted by Gasteiger charge is -2.31. The highest BCUT2D eigenvalue weighted by molar-refractivity contribution is 5.90. The molecular formula is C24H27NO6. The van der Waals surface area contributed by atoms with E-state index < -0.39 is 35.9 Å². The fourth-order valence-electron chi connectivity index (χ4n) is 3.62. The Labute approximate surface area is 181 Å². The molecule has 1 fully saturated rings. The zero-order chi connectivity index (χ0) is 22.4. The quantitative estimate of drug-likeness (QED) is 0.478. The van der Waals surface area contributed by atoms with E-state index in [1.165, 1.54) is 12.0 Å². The van der Waals surface area contributed by atoms with Crippen LogP contribution in [-0.2, 0) is 41.6 Å². The molecular weight excluding hydrogens is 398 g/mol. The molecule has 0 saturated carbocycles. The summed E-state index contributed by atoms with van der Waals surface area (Å²) in [7, 11) is 1.23. The van der Waals surface area contributed by atoms with Gasteiger partial charge in [0.2, 0.25) is 0 Å². The molecule has 7 nitrogen and oxygen atoms in total. The van der Waals surface area contributed by atoms with Crippen molar-refractivity contribution in [3.8, 4) is 0 Å². The number of nitrogens with zero attached hydrogens (tertiary/aromatic N) is 1. The van der Waals surface area contributed by atoms with Crippen molar-refractivity contribution in [1.29, 1.82) is 0 Å². The second-order valence-corrected chi connectivity index (χ2v) is 7.84. The van der Waals surface area contributed by atoms with E-state index in [0.717, 1.165) is 17.4 Å². The van der Waals surface area contributed by atoms with Gasteiger partial charge in [0.1, 0.15) is 6.29 Å². The maximum atomic E-state index is 13.6. The van der Waals surface area contributed by atoms with Gasteiger partial charge in [0.05, 0.1) is 13.2 Å². The molecule has 7 heteroatoms. The molecule has 1 saturated heterocycles. The van der Waals surface area contributed by atoms with Crippen molar-refractivity contribution < 1.29 is 28.6 Å². The summed E-state index contributed by atoms with van der Waals surface area (Å²) in [5, 5.41) is 0. The number of carbonyl (C=O) groups excluding carboxylic acids is 3. The summed E-state index contributed by atoms with van der Waals surface area (Å²) in [6, 6.07) is 18.0. The number of hydrogen-bond donors (Lipinski definition) is 0. The second-order valence-electron chi connectivity index (χ2n) is 7.84. The van der Waals surface area contributed by atoms with Crippen molar-refractivity contribution >= 4 is 18.2 Å². The van der Waals surface area contributed by atoms with Crippen molar-refractivity contribution in [3.63, 3.8) is 0 Å². The van der Waals surface area contributed by atoms with E-state index in [1.54, 1.807) is 13.8 Å². The first kappa shape index (κ1) is 22.7. The summed E-state index contributed by atoms with van der Waals surface area (Å²) >= 11 is 0. The molecule has 0 N–H and O–H groups in total. The highest BCUT2D eigenvalue weighted by Gasteiger charge is 2.51. The van der Waals surface area contributed by atoms with E-state index >= 15 is 0 Å². The molecule has 1 amide bonds. The Kier molecular flexibility index (Phi) is 7.20. The van der Waals surface area contributed by atoms with Gasteiger partial charge in [0, 0.05) is 6.54 Å². The Balaban J connectivity index is 1.93. The molecule has 3 atom stereocenters. The largest absolute Gasteiger partial charge is 0.467 e. The van der Waals surface area contributed by atoms with Crippen LogP contribution in [0, 0.1) is 0 Å². The van der Waals surface area contributed by atoms with Crippen molar-refractivity contribution in [2.45, 2.75) is 50.8 Å². The molecule has 2 aromatic carbocycles. The van der Waals surface area contributed by atoms with Crippen LogP contribution in [0.1, 0.15) is 25.0 Å². The van der Waals surface area contributed by atoms with E-state index in [4.69, 9.17) is 14.2 Å². The minimum absolute atomic E-state index is 0.185. The van der Waals surface area contributed by atoms with E-state index in [9.17, 15) is 14.4 Å². The van der Waals surface area contributed by atoms with Crippen molar-refractivity contribution in [3.05, 3.63) is 71.8 Å². The van der Waals surface area contributed by atoms with Crippen LogP contribution in [0.4, 0.5) is 0 Å². The number of carbonyl (C=O) groups is 3. The molecule has 3 rings (SSSR count). The van der Waals surface area contributed by atoms with E-state index in [0.29, 0.717) is 6.42 Å². The van der Waals surface area contributed by atoms with Crippen LogP contribution in [0.3, 0.4) is 0 Å². The molecule has 0 radical (unpaired) electrons. The van der Waals surface area contributed by atoms with E-state index in [1.807, 2.05) is 60.7 Å². The Hall–Kier alpha value is -3.03. The Morgan fingerprint density at radius 3 is 2.10 bits per heavy atom. The van der Waals surface area contributed by atoms with Gasteiger partial charge >= 0.3 is 5.97 Å². The lowest BCUT2D eigenvalue weighted by molar-refractivity contribution is -0.170. The van der Waals surface area contributed by atoms with Gasteiger partial charge in [-0.25, -0.2) is 4.79 Å². The van der Waals surface area contributed by atoms with Gasteiger partial charge in [-0.2, -0.15) is 0 Å². The number of methoxy groups -OCH3 is 1. The van der Waals surface area contributed by atoms with Crippen LogP contribution < -0.4 is 0 Å². The number of ether oxygens (including phenoxy) is 3. The minimum Gasteiger partial charge on any atom is -0.467 e. The van der Waals surface area contributed by atoms with Gasteiger partial charge in [-0.05, 0) is 31.4 Å². The number of rotatable bonds is 8. The monoisotopic (exact) mass is 425 g/mol. The molecule has 0 bridgehead atoms. The first-order chi connectivity index (χ1) is 14.8. The third-order valence-electron chi connectivity index (χ3n) is 5.10. The predicted molar refractivity (Wildman–Crippen MR) is 113 cm³/mol. The number of esters is 1. The maximum absolute atomic E-state index is 13.6. The van der Waals surface area contributed by atoms with Crippen molar-refractivity contribution in [1.82, 2.24) is 4.90 Å². The summed E-state index contributed by atoms with van der Waals surface area (Å²) in [4.78, 5) is 39.4. The van der Waals surface area contributed by atoms with Gasteiger partial charge in [-0.15, -0.1) is 0 Å². The molecule has 0 unspecified atom stereocenters. The predicted octanol–water partition coefficient (Wildman–Crippen LogP) is 2.52. The molecule has 2 aromatic rings. The normalized spacial score (nSPS) is 20.6. The van der Waals surface area contributed by atoms with Crippen LogP contribution in [0.2, 0.25) is 0 Å². The number of amides is 1. The summed E-state index contributed by atoms with van der Waals surface area (Å²) in [6.45, 7) is 3.43. The highest BCUT2D eigenvalue weighted by atomic mass is 16.8. The van der Waals surface area contributed by atoms with Crippen LogP contribution in [0.25, 0.3) is 0 Å². The Morgan fingerprint density at radius 2 is 1.55 bits per heavy atom. The van der Waals surface area contributed by atoms with Gasteiger partial charge in [0.25, 0.3) is 5.91 Å². The zero-order valence-electron chi connectivity index (χ0n) is 17.9. The van der Waals surface area contributed by atoms with Crippen LogP contribution in [0.15, 0.2) is 60.7 Å². The Morgan fingerprint density at radius 1 is 1.00 bits per heavy atom. The fraction of sp³-hybridized carbons (Fsp3) is 0.375. The summed E-state index contributed by atoms with van der Waals surface area (Å²) in [5.41, 5.74) is 1.77. The van der Waals surface area contributed by atoms with Gasteiger partial charge in [0.15, 0.2) is 18.0 Å². The lowest BCUT2D eigenvalue weighted by Crippen LogP contribution is -2.51. The Bertz CT molecular complexity index is 899. The number of hydrogen-bond acceptors (Lipinski definition) is 6. The molecule has 0 aliphatic carbocycles. The number of benzene rings is 2. The summed E-state index contributed by atoms with van der Waals surface area (Å²) < 4.78 is 16.2. The molecule has 1 aliphatic rings. The summed E-state index contributed by atoms with van der Waals surface area (Å²) in [5.74, 6) is -2.35. The molecule has 1 aliphatic heterocycles. The topological polar surface area (TPSA) is 82.1 Å². The average molecular weight is 425 g/mol.